The van der Waals surface area contributed by atoms with Crippen molar-refractivity contribution in [3.8, 4) is 5.88 Å². The number of nitrogens with zero attached hydrogens (tertiary/aromatic N) is 4. The zero-order valence-corrected chi connectivity index (χ0v) is 12.9. The second-order valence-electron chi connectivity index (χ2n) is 6.15. The Labute approximate surface area is 125 Å². The molecule has 21 heavy (non-hydrogen) atoms. The highest BCUT2D eigenvalue weighted by molar-refractivity contribution is 5.45. The molecule has 110 valence electrons. The number of anilines is 1. The molecule has 1 atom stereocenters. The van der Waals surface area contributed by atoms with Gasteiger partial charge in [0, 0.05) is 36.1 Å². The molecule has 1 fully saturated rings. The summed E-state index contributed by atoms with van der Waals surface area (Å²) >= 11 is 0. The minimum Gasteiger partial charge on any atom is -0.481 e. The molecule has 1 saturated heterocycles. The lowest BCUT2D eigenvalue weighted by Gasteiger charge is -2.54. The molecule has 2 aromatic heterocycles. The molecule has 0 N–H and O–H groups in total. The maximum atomic E-state index is 5.26. The highest BCUT2D eigenvalue weighted by Gasteiger charge is 2.47. The zero-order chi connectivity index (χ0) is 15.0. The van der Waals surface area contributed by atoms with Gasteiger partial charge in [0.25, 0.3) is 0 Å². The van der Waals surface area contributed by atoms with E-state index in [4.69, 9.17) is 4.74 Å². The number of hydrogen-bond donors (Lipinski definition) is 0. The predicted molar refractivity (Wildman–Crippen MR) is 81.4 cm³/mol. The second-order valence-corrected chi connectivity index (χ2v) is 6.15. The van der Waals surface area contributed by atoms with Gasteiger partial charge in [-0.25, -0.2) is 4.98 Å². The highest BCUT2D eigenvalue weighted by atomic mass is 16.5. The van der Waals surface area contributed by atoms with Gasteiger partial charge >= 0.3 is 0 Å². The first-order valence-corrected chi connectivity index (χ1v) is 7.07. The minimum absolute atomic E-state index is 0.182. The molecular weight excluding hydrogens is 264 g/mol. The van der Waals surface area contributed by atoms with Crippen LogP contribution in [0.3, 0.4) is 0 Å². The van der Waals surface area contributed by atoms with Crippen molar-refractivity contribution in [2.24, 2.45) is 5.41 Å². The largest absolute Gasteiger partial charge is 0.481 e. The normalized spacial score (nSPS) is 20.0. The van der Waals surface area contributed by atoms with Crippen LogP contribution in [0.5, 0.6) is 5.88 Å². The number of ether oxygens (including phenoxy) is 1. The fourth-order valence-corrected chi connectivity index (χ4v) is 3.05. The highest BCUT2D eigenvalue weighted by Crippen LogP contribution is 2.49. The monoisotopic (exact) mass is 284 g/mol. The van der Waals surface area contributed by atoms with Gasteiger partial charge in [0.15, 0.2) is 0 Å². The molecule has 0 aliphatic carbocycles. The van der Waals surface area contributed by atoms with E-state index in [9.17, 15) is 0 Å². The van der Waals surface area contributed by atoms with Crippen LogP contribution in [0.15, 0.2) is 30.6 Å². The number of rotatable bonds is 3. The maximum absolute atomic E-state index is 5.26. The van der Waals surface area contributed by atoms with Gasteiger partial charge in [-0.2, -0.15) is 4.98 Å². The van der Waals surface area contributed by atoms with E-state index >= 15 is 0 Å². The summed E-state index contributed by atoms with van der Waals surface area (Å²) in [6.45, 7) is 7.41. The van der Waals surface area contributed by atoms with Crippen LogP contribution in [0.2, 0.25) is 0 Å². The standard InChI is InChI=1S/C16H20N4O/c1-11-9-13(21-4)19-15(18-11)20-10-16(2,3)14(20)12-5-7-17-8-6-12/h5-9,14H,10H2,1-4H3/t14-/m0/s1. The van der Waals surface area contributed by atoms with Crippen molar-refractivity contribution in [1.29, 1.82) is 0 Å². The Morgan fingerprint density at radius 3 is 2.57 bits per heavy atom. The summed E-state index contributed by atoms with van der Waals surface area (Å²) in [6.07, 6.45) is 3.67. The number of hydrogen-bond acceptors (Lipinski definition) is 5. The van der Waals surface area contributed by atoms with Gasteiger partial charge < -0.3 is 9.64 Å². The van der Waals surface area contributed by atoms with Gasteiger partial charge in [0.2, 0.25) is 11.8 Å². The minimum atomic E-state index is 0.182. The van der Waals surface area contributed by atoms with Crippen LogP contribution < -0.4 is 9.64 Å². The van der Waals surface area contributed by atoms with Crippen molar-refractivity contribution in [2.45, 2.75) is 26.8 Å². The third-order valence-corrected chi connectivity index (χ3v) is 3.94. The number of pyridine rings is 1. The van der Waals surface area contributed by atoms with E-state index in [1.807, 2.05) is 25.4 Å². The van der Waals surface area contributed by atoms with Gasteiger partial charge in [-0.3, -0.25) is 4.98 Å². The van der Waals surface area contributed by atoms with Crippen LogP contribution in [0, 0.1) is 12.3 Å². The third-order valence-electron chi connectivity index (χ3n) is 3.94. The van der Waals surface area contributed by atoms with Crippen LogP contribution in [-0.2, 0) is 0 Å². The Morgan fingerprint density at radius 2 is 1.95 bits per heavy atom. The van der Waals surface area contributed by atoms with Crippen LogP contribution in [0.1, 0.15) is 31.1 Å². The molecule has 1 aliphatic heterocycles. The van der Waals surface area contributed by atoms with E-state index in [1.54, 1.807) is 7.11 Å². The molecule has 1 aliphatic rings. The molecule has 0 aromatic carbocycles. The van der Waals surface area contributed by atoms with E-state index in [0.717, 1.165) is 18.2 Å². The summed E-state index contributed by atoms with van der Waals surface area (Å²) in [5.41, 5.74) is 2.34. The number of methoxy groups -OCH3 is 1. The number of aryl methyl sites for hydroxylation is 1. The summed E-state index contributed by atoms with van der Waals surface area (Å²) in [4.78, 5) is 15.4. The Hall–Kier alpha value is -2.17. The summed E-state index contributed by atoms with van der Waals surface area (Å²) in [5, 5.41) is 0. The van der Waals surface area contributed by atoms with E-state index in [-0.39, 0.29) is 11.5 Å². The first kappa shape index (κ1) is 13.8. The first-order valence-electron chi connectivity index (χ1n) is 7.07. The molecule has 3 heterocycles. The summed E-state index contributed by atoms with van der Waals surface area (Å²) in [7, 11) is 1.63. The molecule has 0 amide bonds. The molecule has 2 aromatic rings. The lowest BCUT2D eigenvalue weighted by molar-refractivity contribution is 0.176. The molecule has 3 rings (SSSR count). The van der Waals surface area contributed by atoms with Crippen molar-refractivity contribution in [2.75, 3.05) is 18.6 Å². The van der Waals surface area contributed by atoms with E-state index < -0.39 is 0 Å². The molecule has 0 radical (unpaired) electrons. The Bertz CT molecular complexity index is 642. The second kappa shape index (κ2) is 4.98. The smallest absolute Gasteiger partial charge is 0.229 e. The molecule has 0 bridgehead atoms. The van der Waals surface area contributed by atoms with E-state index in [2.05, 4.69) is 45.8 Å². The summed E-state index contributed by atoms with van der Waals surface area (Å²) in [6, 6.07) is 6.22. The summed E-state index contributed by atoms with van der Waals surface area (Å²) < 4.78 is 5.26. The fraction of sp³-hybridized carbons (Fsp3) is 0.438. The van der Waals surface area contributed by atoms with Gasteiger partial charge in [0.05, 0.1) is 13.2 Å². The van der Waals surface area contributed by atoms with Crippen molar-refractivity contribution >= 4 is 5.95 Å². The topological polar surface area (TPSA) is 51.1 Å². The lowest BCUT2D eigenvalue weighted by atomic mass is 9.72. The Kier molecular flexibility index (Phi) is 3.27. The Balaban J connectivity index is 1.98. The van der Waals surface area contributed by atoms with Crippen LogP contribution in [0.4, 0.5) is 5.95 Å². The van der Waals surface area contributed by atoms with Crippen LogP contribution in [-0.4, -0.2) is 28.6 Å². The molecule has 0 saturated carbocycles. The van der Waals surface area contributed by atoms with Gasteiger partial charge in [-0.15, -0.1) is 0 Å². The maximum Gasteiger partial charge on any atom is 0.229 e. The SMILES string of the molecule is COc1cc(C)nc(N2CC(C)(C)[C@@H]2c2ccncc2)n1. The van der Waals surface area contributed by atoms with Crippen LogP contribution >= 0.6 is 0 Å². The molecular formula is C16H20N4O. The molecule has 0 unspecified atom stereocenters. The molecule has 0 spiro atoms. The van der Waals surface area contributed by atoms with Crippen LogP contribution in [0.25, 0.3) is 0 Å². The van der Waals surface area contributed by atoms with Crippen molar-refractivity contribution in [3.05, 3.63) is 41.9 Å². The Morgan fingerprint density at radius 1 is 1.24 bits per heavy atom. The molecule has 5 heteroatoms. The average molecular weight is 284 g/mol. The lowest BCUT2D eigenvalue weighted by Crippen LogP contribution is -2.56. The predicted octanol–water partition coefficient (Wildman–Crippen LogP) is 2.78. The van der Waals surface area contributed by atoms with Crippen molar-refractivity contribution < 1.29 is 4.74 Å². The van der Waals surface area contributed by atoms with Crippen molar-refractivity contribution in [3.63, 3.8) is 0 Å². The quantitative estimate of drug-likeness (QED) is 0.867. The van der Waals surface area contributed by atoms with Gasteiger partial charge in [-0.1, -0.05) is 13.8 Å². The van der Waals surface area contributed by atoms with E-state index in [1.165, 1.54) is 5.56 Å². The van der Waals surface area contributed by atoms with Gasteiger partial charge in [0.1, 0.15) is 0 Å². The third kappa shape index (κ3) is 2.44. The van der Waals surface area contributed by atoms with E-state index in [0.29, 0.717) is 5.88 Å². The first-order chi connectivity index (χ1) is 10.0. The summed E-state index contributed by atoms with van der Waals surface area (Å²) in [5.74, 6) is 1.34. The van der Waals surface area contributed by atoms with Gasteiger partial charge in [-0.05, 0) is 24.6 Å². The zero-order valence-electron chi connectivity index (χ0n) is 12.9. The van der Waals surface area contributed by atoms with Crippen molar-refractivity contribution in [1.82, 2.24) is 15.0 Å². The average Bonchev–Trinajstić information content (AvgIpc) is 2.45. The number of aromatic nitrogens is 3. The molecule has 5 nitrogen and oxygen atoms in total. The fourth-order valence-electron chi connectivity index (χ4n) is 3.05.